The molecule has 0 aliphatic carbocycles. The monoisotopic (exact) mass is 649 g/mol. The van der Waals surface area contributed by atoms with Crippen molar-refractivity contribution in [2.75, 3.05) is 30.8 Å². The number of rotatable bonds is 13. The molecule has 0 saturated heterocycles. The van der Waals surface area contributed by atoms with Crippen LogP contribution in [0, 0.1) is 0 Å². The molecule has 0 heterocycles. The van der Waals surface area contributed by atoms with Gasteiger partial charge in [0.2, 0.25) is 21.8 Å². The van der Waals surface area contributed by atoms with Crippen LogP contribution in [0.3, 0.4) is 0 Å². The second-order valence-electron chi connectivity index (χ2n) is 9.23. The molecule has 214 valence electrons. The van der Waals surface area contributed by atoms with Crippen LogP contribution in [0.15, 0.2) is 77.3 Å². The third-order valence-corrected chi connectivity index (χ3v) is 8.07. The fourth-order valence-electron chi connectivity index (χ4n) is 4.16. The molecule has 3 aromatic rings. The number of benzene rings is 3. The molecule has 0 bridgehead atoms. The first-order valence-corrected chi connectivity index (χ1v) is 15.7. The van der Waals surface area contributed by atoms with E-state index in [1.807, 2.05) is 61.5 Å². The lowest BCUT2D eigenvalue weighted by Crippen LogP contribution is -2.53. The van der Waals surface area contributed by atoms with Gasteiger partial charge in [-0.3, -0.25) is 13.9 Å². The number of hydrogen-bond donors (Lipinski definition) is 1. The summed E-state index contributed by atoms with van der Waals surface area (Å²) >= 11 is 9.61. The summed E-state index contributed by atoms with van der Waals surface area (Å²) in [4.78, 5) is 29.0. The Morgan fingerprint density at radius 2 is 1.70 bits per heavy atom. The van der Waals surface area contributed by atoms with E-state index in [1.165, 1.54) is 24.1 Å². The molecule has 3 rings (SSSR count). The average Bonchev–Trinajstić information content (AvgIpc) is 2.93. The Kier molecular flexibility index (Phi) is 11.4. The van der Waals surface area contributed by atoms with Crippen LogP contribution in [0.2, 0.25) is 5.02 Å². The fraction of sp³-hybridized carbons (Fsp3) is 0.310. The summed E-state index contributed by atoms with van der Waals surface area (Å²) in [5.41, 5.74) is 1.78. The quantitative estimate of drug-likeness (QED) is 0.280. The molecule has 0 aromatic heterocycles. The number of carbonyl (C=O) groups is 2. The predicted octanol–water partition coefficient (Wildman–Crippen LogP) is 5.04. The first-order valence-electron chi connectivity index (χ1n) is 12.7. The number of nitrogens with zero attached hydrogens (tertiary/aromatic N) is 2. The van der Waals surface area contributed by atoms with Crippen molar-refractivity contribution in [2.24, 2.45) is 0 Å². The van der Waals surface area contributed by atoms with Crippen LogP contribution in [0.25, 0.3) is 0 Å². The SMILES string of the molecule is CCCNC(=O)[C@H](Cc1ccccc1)N(Cc1ccc(Br)cc1)C(=O)CN(c1cc(Cl)ccc1OC)S(C)(=O)=O. The van der Waals surface area contributed by atoms with Gasteiger partial charge in [-0.2, -0.15) is 0 Å². The highest BCUT2D eigenvalue weighted by molar-refractivity contribution is 9.10. The fourth-order valence-corrected chi connectivity index (χ4v) is 5.43. The number of carbonyl (C=O) groups excluding carboxylic acids is 2. The lowest BCUT2D eigenvalue weighted by Gasteiger charge is -2.33. The van der Waals surface area contributed by atoms with Crippen LogP contribution in [0.4, 0.5) is 5.69 Å². The van der Waals surface area contributed by atoms with Crippen LogP contribution in [-0.4, -0.2) is 57.6 Å². The van der Waals surface area contributed by atoms with Gasteiger partial charge in [-0.15, -0.1) is 0 Å². The van der Waals surface area contributed by atoms with Gasteiger partial charge in [0.25, 0.3) is 0 Å². The summed E-state index contributed by atoms with van der Waals surface area (Å²) in [6.07, 6.45) is 1.98. The second kappa shape index (κ2) is 14.5. The highest BCUT2D eigenvalue weighted by Gasteiger charge is 2.33. The molecule has 0 fully saturated rings. The van der Waals surface area contributed by atoms with Crippen molar-refractivity contribution in [3.63, 3.8) is 0 Å². The maximum Gasteiger partial charge on any atom is 0.244 e. The minimum absolute atomic E-state index is 0.0907. The number of nitrogens with one attached hydrogen (secondary N) is 1. The Morgan fingerprint density at radius 3 is 2.30 bits per heavy atom. The Balaban J connectivity index is 2.08. The van der Waals surface area contributed by atoms with Crippen molar-refractivity contribution in [3.05, 3.63) is 93.4 Å². The second-order valence-corrected chi connectivity index (χ2v) is 12.5. The van der Waals surface area contributed by atoms with Gasteiger partial charge in [-0.25, -0.2) is 8.42 Å². The van der Waals surface area contributed by atoms with Gasteiger partial charge in [0.15, 0.2) is 0 Å². The Labute approximate surface area is 249 Å². The Hall–Kier alpha value is -3.08. The molecule has 0 spiro atoms. The molecule has 0 aliphatic heterocycles. The summed E-state index contributed by atoms with van der Waals surface area (Å²) in [5.74, 6) is -0.631. The zero-order valence-electron chi connectivity index (χ0n) is 22.6. The van der Waals surface area contributed by atoms with Gasteiger partial charge in [0.05, 0.1) is 19.1 Å². The van der Waals surface area contributed by atoms with E-state index in [-0.39, 0.29) is 35.3 Å². The predicted molar refractivity (Wildman–Crippen MR) is 162 cm³/mol. The molecule has 3 aromatic carbocycles. The summed E-state index contributed by atoms with van der Waals surface area (Å²) in [6.45, 7) is 1.92. The lowest BCUT2D eigenvalue weighted by atomic mass is 10.0. The lowest BCUT2D eigenvalue weighted by molar-refractivity contribution is -0.140. The molecule has 1 N–H and O–H groups in total. The first-order chi connectivity index (χ1) is 19.0. The van der Waals surface area contributed by atoms with E-state index in [0.717, 1.165) is 32.6 Å². The van der Waals surface area contributed by atoms with Crippen LogP contribution in [-0.2, 0) is 32.6 Å². The number of sulfonamides is 1. The summed E-state index contributed by atoms with van der Waals surface area (Å²) in [6, 6.07) is 20.4. The van der Waals surface area contributed by atoms with E-state index in [1.54, 1.807) is 6.07 Å². The van der Waals surface area contributed by atoms with Gasteiger partial charge < -0.3 is 15.0 Å². The van der Waals surface area contributed by atoms with E-state index in [9.17, 15) is 18.0 Å². The smallest absolute Gasteiger partial charge is 0.244 e. The number of halogens is 2. The third kappa shape index (κ3) is 8.71. The molecule has 0 radical (unpaired) electrons. The van der Waals surface area contributed by atoms with Crippen molar-refractivity contribution < 1.29 is 22.7 Å². The maximum absolute atomic E-state index is 14.1. The van der Waals surface area contributed by atoms with Gasteiger partial charge in [0.1, 0.15) is 18.3 Å². The van der Waals surface area contributed by atoms with Crippen molar-refractivity contribution in [1.82, 2.24) is 10.2 Å². The van der Waals surface area contributed by atoms with Crippen LogP contribution >= 0.6 is 27.5 Å². The van der Waals surface area contributed by atoms with Gasteiger partial charge in [0, 0.05) is 29.0 Å². The molecule has 11 heteroatoms. The number of amides is 2. The third-order valence-electron chi connectivity index (χ3n) is 6.18. The minimum Gasteiger partial charge on any atom is -0.495 e. The van der Waals surface area contributed by atoms with Gasteiger partial charge in [-0.1, -0.05) is 76.9 Å². The van der Waals surface area contributed by atoms with Crippen LogP contribution in [0.1, 0.15) is 24.5 Å². The van der Waals surface area contributed by atoms with E-state index < -0.39 is 28.5 Å². The van der Waals surface area contributed by atoms with Crippen molar-refractivity contribution >= 4 is 55.1 Å². The number of anilines is 1. The molecule has 0 unspecified atom stereocenters. The normalized spacial score (nSPS) is 11.9. The molecular weight excluding hydrogens is 618 g/mol. The van der Waals surface area contributed by atoms with Crippen molar-refractivity contribution in [3.8, 4) is 5.75 Å². The molecular formula is C29H33BrClN3O5S. The Bertz CT molecular complexity index is 1400. The average molecular weight is 651 g/mol. The standard InChI is InChI=1S/C29H33BrClN3O5S/c1-4-16-32-29(36)26(17-21-8-6-5-7-9-21)33(19-22-10-12-23(30)13-11-22)28(35)20-34(40(3,37)38)25-18-24(31)14-15-27(25)39-2/h5-15,18,26H,4,16-17,19-20H2,1-3H3,(H,32,36)/t26-/m0/s1. The Morgan fingerprint density at radius 1 is 1.02 bits per heavy atom. The molecule has 2 amide bonds. The van der Waals surface area contributed by atoms with E-state index >= 15 is 0 Å². The van der Waals surface area contributed by atoms with Gasteiger partial charge >= 0.3 is 0 Å². The van der Waals surface area contributed by atoms with Crippen LogP contribution in [0.5, 0.6) is 5.75 Å². The largest absolute Gasteiger partial charge is 0.495 e. The maximum atomic E-state index is 14.1. The first kappa shape index (κ1) is 31.4. The summed E-state index contributed by atoms with van der Waals surface area (Å²) in [5, 5.41) is 3.20. The topological polar surface area (TPSA) is 96.0 Å². The highest BCUT2D eigenvalue weighted by atomic mass is 79.9. The number of hydrogen-bond acceptors (Lipinski definition) is 5. The molecule has 0 saturated carbocycles. The van der Waals surface area contributed by atoms with Gasteiger partial charge in [-0.05, 0) is 47.9 Å². The van der Waals surface area contributed by atoms with E-state index in [2.05, 4.69) is 21.2 Å². The van der Waals surface area contributed by atoms with Crippen molar-refractivity contribution in [2.45, 2.75) is 32.4 Å². The summed E-state index contributed by atoms with van der Waals surface area (Å²) < 4.78 is 33.1. The summed E-state index contributed by atoms with van der Waals surface area (Å²) in [7, 11) is -2.55. The zero-order valence-corrected chi connectivity index (χ0v) is 25.8. The molecule has 40 heavy (non-hydrogen) atoms. The van der Waals surface area contributed by atoms with Crippen molar-refractivity contribution in [1.29, 1.82) is 0 Å². The molecule has 0 aliphatic rings. The highest BCUT2D eigenvalue weighted by Crippen LogP contribution is 2.33. The zero-order chi connectivity index (χ0) is 29.3. The number of methoxy groups -OCH3 is 1. The minimum atomic E-state index is -3.95. The molecule has 8 nitrogen and oxygen atoms in total. The van der Waals surface area contributed by atoms with E-state index in [4.69, 9.17) is 16.3 Å². The van der Waals surface area contributed by atoms with Crippen LogP contribution < -0.4 is 14.4 Å². The molecule has 1 atom stereocenters. The number of ether oxygens (including phenoxy) is 1. The van der Waals surface area contributed by atoms with E-state index in [0.29, 0.717) is 6.54 Å².